The van der Waals surface area contributed by atoms with Gasteiger partial charge in [-0.05, 0) is 42.4 Å². The summed E-state index contributed by atoms with van der Waals surface area (Å²) in [5, 5.41) is 6.46. The van der Waals surface area contributed by atoms with Gasteiger partial charge in [0.1, 0.15) is 0 Å². The van der Waals surface area contributed by atoms with Crippen molar-refractivity contribution < 1.29 is 4.79 Å². The molecule has 1 saturated carbocycles. The lowest BCUT2D eigenvalue weighted by atomic mass is 9.75. The van der Waals surface area contributed by atoms with Crippen LogP contribution in [0.3, 0.4) is 0 Å². The number of anilines is 1. The summed E-state index contributed by atoms with van der Waals surface area (Å²) in [6.07, 6.45) is 5.22. The van der Waals surface area contributed by atoms with Gasteiger partial charge in [0.15, 0.2) is 0 Å². The van der Waals surface area contributed by atoms with Gasteiger partial charge in [0.2, 0.25) is 5.91 Å². The summed E-state index contributed by atoms with van der Waals surface area (Å²) in [7, 11) is 0. The van der Waals surface area contributed by atoms with E-state index in [1.807, 2.05) is 12.1 Å². The number of rotatable bonds is 4. The van der Waals surface area contributed by atoms with Crippen molar-refractivity contribution in [1.82, 2.24) is 5.32 Å². The third-order valence-electron chi connectivity index (χ3n) is 4.07. The first-order chi connectivity index (χ1) is 9.44. The van der Waals surface area contributed by atoms with Crippen molar-refractivity contribution in [2.75, 3.05) is 5.32 Å². The third-order valence-corrected chi connectivity index (χ3v) is 4.07. The molecule has 1 fully saturated rings. The van der Waals surface area contributed by atoms with Gasteiger partial charge in [-0.2, -0.15) is 0 Å². The maximum atomic E-state index is 11.0. The number of hydrogen-bond donors (Lipinski definition) is 2. The van der Waals surface area contributed by atoms with E-state index in [2.05, 4.69) is 36.6 Å². The topological polar surface area (TPSA) is 41.1 Å². The van der Waals surface area contributed by atoms with E-state index >= 15 is 0 Å². The Morgan fingerprint density at radius 1 is 1.30 bits per heavy atom. The minimum atomic E-state index is -0.0275. The minimum absolute atomic E-state index is 0.0275. The average Bonchev–Trinajstić information content (AvgIpc) is 2.36. The second kappa shape index (κ2) is 6.40. The Bertz CT molecular complexity index is 451. The van der Waals surface area contributed by atoms with Crippen molar-refractivity contribution in [2.24, 2.45) is 5.41 Å². The van der Waals surface area contributed by atoms with Gasteiger partial charge in [-0.1, -0.05) is 32.4 Å². The molecule has 0 spiro atoms. The van der Waals surface area contributed by atoms with Crippen molar-refractivity contribution in [3.63, 3.8) is 0 Å². The lowest BCUT2D eigenvalue weighted by molar-refractivity contribution is -0.114. The molecular formula is C17H26N2O. The van der Waals surface area contributed by atoms with Gasteiger partial charge in [0.25, 0.3) is 0 Å². The number of amides is 1. The normalized spacial score (nSPS) is 21.4. The summed E-state index contributed by atoms with van der Waals surface area (Å²) in [5.74, 6) is -0.0275. The molecule has 0 aromatic heterocycles. The second-order valence-electron chi connectivity index (χ2n) is 6.72. The molecule has 2 rings (SSSR count). The van der Waals surface area contributed by atoms with Gasteiger partial charge in [0, 0.05) is 25.2 Å². The maximum Gasteiger partial charge on any atom is 0.221 e. The first-order valence-electron chi connectivity index (χ1n) is 7.54. The van der Waals surface area contributed by atoms with Crippen LogP contribution in [0.5, 0.6) is 0 Å². The van der Waals surface area contributed by atoms with Crippen molar-refractivity contribution in [1.29, 1.82) is 0 Å². The number of carbonyl (C=O) groups is 1. The molecule has 3 nitrogen and oxygen atoms in total. The Kier molecular flexibility index (Phi) is 4.81. The van der Waals surface area contributed by atoms with Crippen LogP contribution in [0.4, 0.5) is 5.69 Å². The van der Waals surface area contributed by atoms with Crippen LogP contribution in [-0.4, -0.2) is 11.9 Å². The monoisotopic (exact) mass is 274 g/mol. The Morgan fingerprint density at radius 2 is 2.00 bits per heavy atom. The molecule has 1 atom stereocenters. The zero-order valence-corrected chi connectivity index (χ0v) is 12.8. The van der Waals surface area contributed by atoms with E-state index in [1.165, 1.54) is 38.2 Å². The van der Waals surface area contributed by atoms with Crippen LogP contribution in [0.1, 0.15) is 52.0 Å². The van der Waals surface area contributed by atoms with E-state index in [1.54, 1.807) is 0 Å². The summed E-state index contributed by atoms with van der Waals surface area (Å²) in [6, 6.07) is 8.71. The van der Waals surface area contributed by atoms with Gasteiger partial charge in [-0.3, -0.25) is 4.79 Å². The SMILES string of the molecule is CC(=O)Nc1ccc(CNC2CCCC(C)(C)C2)cc1. The first kappa shape index (κ1) is 15.0. The number of benzene rings is 1. The summed E-state index contributed by atoms with van der Waals surface area (Å²) in [6.45, 7) is 7.16. The van der Waals surface area contributed by atoms with E-state index in [4.69, 9.17) is 0 Å². The summed E-state index contributed by atoms with van der Waals surface area (Å²) < 4.78 is 0. The van der Waals surface area contributed by atoms with Crippen LogP contribution in [0.2, 0.25) is 0 Å². The van der Waals surface area contributed by atoms with Crippen LogP contribution in [0.25, 0.3) is 0 Å². The Labute approximate surface area is 122 Å². The number of nitrogens with one attached hydrogen (secondary N) is 2. The Morgan fingerprint density at radius 3 is 2.60 bits per heavy atom. The highest BCUT2D eigenvalue weighted by Gasteiger charge is 2.27. The van der Waals surface area contributed by atoms with E-state index < -0.39 is 0 Å². The number of hydrogen-bond acceptors (Lipinski definition) is 2. The van der Waals surface area contributed by atoms with Crippen molar-refractivity contribution in [3.05, 3.63) is 29.8 Å². The third kappa shape index (κ3) is 4.64. The molecule has 0 heterocycles. The lowest BCUT2D eigenvalue weighted by Gasteiger charge is -2.35. The molecule has 1 aliphatic rings. The molecule has 3 heteroatoms. The van der Waals surface area contributed by atoms with Crippen molar-refractivity contribution in [2.45, 2.75) is 59.0 Å². The Hall–Kier alpha value is -1.35. The van der Waals surface area contributed by atoms with E-state index in [-0.39, 0.29) is 5.91 Å². The molecule has 0 bridgehead atoms. The van der Waals surface area contributed by atoms with E-state index in [0.717, 1.165) is 12.2 Å². The molecule has 1 unspecified atom stereocenters. The maximum absolute atomic E-state index is 11.0. The highest BCUT2D eigenvalue weighted by Crippen LogP contribution is 2.35. The standard InChI is InChI=1S/C17H26N2O/c1-13(20)19-15-8-6-14(7-9-15)12-18-16-5-4-10-17(2,3)11-16/h6-9,16,18H,4-5,10-12H2,1-3H3,(H,19,20). The second-order valence-corrected chi connectivity index (χ2v) is 6.72. The van der Waals surface area contributed by atoms with E-state index in [0.29, 0.717) is 11.5 Å². The lowest BCUT2D eigenvalue weighted by Crippen LogP contribution is -2.36. The zero-order chi connectivity index (χ0) is 14.6. The zero-order valence-electron chi connectivity index (χ0n) is 12.8. The summed E-state index contributed by atoms with van der Waals surface area (Å²) >= 11 is 0. The fourth-order valence-corrected chi connectivity index (χ4v) is 3.04. The molecule has 2 N–H and O–H groups in total. The molecule has 0 aliphatic heterocycles. The molecule has 1 aromatic carbocycles. The fraction of sp³-hybridized carbons (Fsp3) is 0.588. The highest BCUT2D eigenvalue weighted by molar-refractivity contribution is 5.88. The van der Waals surface area contributed by atoms with Gasteiger partial charge < -0.3 is 10.6 Å². The molecule has 1 aliphatic carbocycles. The van der Waals surface area contributed by atoms with Crippen LogP contribution in [0, 0.1) is 5.41 Å². The van der Waals surface area contributed by atoms with Gasteiger partial charge in [0.05, 0.1) is 0 Å². The molecule has 0 saturated heterocycles. The fourth-order valence-electron chi connectivity index (χ4n) is 3.04. The molecule has 110 valence electrons. The average molecular weight is 274 g/mol. The summed E-state index contributed by atoms with van der Waals surface area (Å²) in [4.78, 5) is 11.0. The minimum Gasteiger partial charge on any atom is -0.326 e. The molecule has 1 amide bonds. The number of carbonyl (C=O) groups excluding carboxylic acids is 1. The summed E-state index contributed by atoms with van der Waals surface area (Å²) in [5.41, 5.74) is 2.60. The largest absolute Gasteiger partial charge is 0.326 e. The smallest absolute Gasteiger partial charge is 0.221 e. The van der Waals surface area contributed by atoms with Crippen molar-refractivity contribution in [3.8, 4) is 0 Å². The first-order valence-corrected chi connectivity index (χ1v) is 7.54. The molecule has 20 heavy (non-hydrogen) atoms. The highest BCUT2D eigenvalue weighted by atomic mass is 16.1. The van der Waals surface area contributed by atoms with E-state index in [9.17, 15) is 4.79 Å². The molecule has 0 radical (unpaired) electrons. The van der Waals surface area contributed by atoms with Gasteiger partial charge in [-0.15, -0.1) is 0 Å². The van der Waals surface area contributed by atoms with Crippen LogP contribution in [0.15, 0.2) is 24.3 Å². The molecule has 1 aromatic rings. The van der Waals surface area contributed by atoms with Gasteiger partial charge >= 0.3 is 0 Å². The van der Waals surface area contributed by atoms with Crippen LogP contribution in [-0.2, 0) is 11.3 Å². The predicted molar refractivity (Wildman–Crippen MR) is 83.6 cm³/mol. The van der Waals surface area contributed by atoms with Gasteiger partial charge in [-0.25, -0.2) is 0 Å². The van der Waals surface area contributed by atoms with Crippen molar-refractivity contribution >= 4 is 11.6 Å². The van der Waals surface area contributed by atoms with Crippen LogP contribution >= 0.6 is 0 Å². The molecular weight excluding hydrogens is 248 g/mol. The Balaban J connectivity index is 1.83. The van der Waals surface area contributed by atoms with Crippen LogP contribution < -0.4 is 10.6 Å². The predicted octanol–water partition coefficient (Wildman–Crippen LogP) is 3.70. The quantitative estimate of drug-likeness (QED) is 0.879.